The van der Waals surface area contributed by atoms with Crippen molar-refractivity contribution in [3.63, 3.8) is 0 Å². The topological polar surface area (TPSA) is 71.3 Å². The van der Waals surface area contributed by atoms with Crippen molar-refractivity contribution < 1.29 is 4.79 Å². The van der Waals surface area contributed by atoms with E-state index in [1.165, 1.54) is 0 Å². The molecule has 0 radical (unpaired) electrons. The fourth-order valence-electron chi connectivity index (χ4n) is 1.68. The first-order valence-corrected chi connectivity index (χ1v) is 6.21. The first-order valence-electron chi connectivity index (χ1n) is 6.21. The molecule has 0 atom stereocenters. The lowest BCUT2D eigenvalue weighted by Gasteiger charge is -2.20. The number of pyridine rings is 1. The van der Waals surface area contributed by atoms with Gasteiger partial charge in [0.1, 0.15) is 0 Å². The molecule has 6 nitrogen and oxygen atoms in total. The third kappa shape index (κ3) is 3.67. The molecular formula is C13H19N5O. The molecule has 0 saturated heterocycles. The van der Waals surface area contributed by atoms with E-state index >= 15 is 0 Å². The predicted octanol–water partition coefficient (Wildman–Crippen LogP) is 1.36. The number of aryl methyl sites for hydroxylation is 1. The summed E-state index contributed by atoms with van der Waals surface area (Å²) in [5.41, 5.74) is 1.65. The second kappa shape index (κ2) is 4.87. The molecule has 0 aliphatic carbocycles. The molecule has 0 aromatic carbocycles. The van der Waals surface area contributed by atoms with Crippen LogP contribution in [0.2, 0.25) is 0 Å². The fourth-order valence-corrected chi connectivity index (χ4v) is 1.68. The molecule has 0 spiro atoms. The summed E-state index contributed by atoms with van der Waals surface area (Å²) < 4.78 is 1.68. The van der Waals surface area contributed by atoms with E-state index in [0.29, 0.717) is 5.95 Å². The van der Waals surface area contributed by atoms with Gasteiger partial charge in [-0.3, -0.25) is 4.79 Å². The minimum atomic E-state index is -0.234. The molecule has 0 bridgehead atoms. The van der Waals surface area contributed by atoms with Crippen LogP contribution < -0.4 is 10.6 Å². The molecule has 2 heterocycles. The number of hydrogen-bond donors (Lipinski definition) is 2. The van der Waals surface area contributed by atoms with E-state index in [0.717, 1.165) is 11.2 Å². The summed E-state index contributed by atoms with van der Waals surface area (Å²) in [7, 11) is 0. The molecule has 1 amide bonds. The van der Waals surface area contributed by atoms with Gasteiger partial charge in [-0.05, 0) is 45.4 Å². The monoisotopic (exact) mass is 261 g/mol. The number of aromatic nitrogens is 3. The standard InChI is InChI=1S/C13H19N5O/c1-9-5-6-18-10(7-9)15-12(17-18)14-8-11(19)16-13(2,3)4/h5-7H,8H2,1-4H3,(H,14,17)(H,16,19). The lowest BCUT2D eigenvalue weighted by molar-refractivity contribution is -0.120. The molecule has 6 heteroatoms. The van der Waals surface area contributed by atoms with Gasteiger partial charge in [-0.25, -0.2) is 4.52 Å². The van der Waals surface area contributed by atoms with Crippen LogP contribution in [0.25, 0.3) is 5.65 Å². The largest absolute Gasteiger partial charge is 0.350 e. The number of amides is 1. The normalized spacial score (nSPS) is 11.6. The van der Waals surface area contributed by atoms with Gasteiger partial charge in [-0.1, -0.05) is 0 Å². The summed E-state index contributed by atoms with van der Waals surface area (Å²) in [4.78, 5) is 16.0. The molecule has 2 aromatic heterocycles. The summed E-state index contributed by atoms with van der Waals surface area (Å²) in [6.45, 7) is 7.98. The molecular weight excluding hydrogens is 242 g/mol. The average molecular weight is 261 g/mol. The second-order valence-corrected chi connectivity index (χ2v) is 5.59. The molecule has 2 rings (SSSR count). The maximum absolute atomic E-state index is 11.7. The second-order valence-electron chi connectivity index (χ2n) is 5.59. The Labute approximate surface area is 112 Å². The van der Waals surface area contributed by atoms with Gasteiger partial charge in [-0.15, -0.1) is 5.10 Å². The highest BCUT2D eigenvalue weighted by Gasteiger charge is 2.13. The maximum Gasteiger partial charge on any atom is 0.243 e. The molecule has 2 N–H and O–H groups in total. The number of fused-ring (bicyclic) bond motifs is 1. The van der Waals surface area contributed by atoms with Crippen LogP contribution in [0.15, 0.2) is 18.3 Å². The third-order valence-corrected chi connectivity index (χ3v) is 2.41. The smallest absolute Gasteiger partial charge is 0.243 e. The average Bonchev–Trinajstić information content (AvgIpc) is 2.66. The molecule has 0 fully saturated rings. The van der Waals surface area contributed by atoms with Crippen LogP contribution in [0, 0.1) is 6.92 Å². The zero-order valence-corrected chi connectivity index (χ0v) is 11.7. The first kappa shape index (κ1) is 13.3. The van der Waals surface area contributed by atoms with Crippen LogP contribution in [0.1, 0.15) is 26.3 Å². The van der Waals surface area contributed by atoms with Crippen molar-refractivity contribution in [2.24, 2.45) is 0 Å². The first-order chi connectivity index (χ1) is 8.83. The van der Waals surface area contributed by atoms with E-state index < -0.39 is 0 Å². The summed E-state index contributed by atoms with van der Waals surface area (Å²) in [5, 5.41) is 10.0. The van der Waals surface area contributed by atoms with Gasteiger partial charge in [-0.2, -0.15) is 4.98 Å². The van der Waals surface area contributed by atoms with Crippen LogP contribution in [0.5, 0.6) is 0 Å². The molecule has 0 aliphatic heterocycles. The van der Waals surface area contributed by atoms with Crippen LogP contribution in [-0.4, -0.2) is 32.6 Å². The minimum Gasteiger partial charge on any atom is -0.350 e. The number of nitrogens with one attached hydrogen (secondary N) is 2. The quantitative estimate of drug-likeness (QED) is 0.875. The highest BCUT2D eigenvalue weighted by atomic mass is 16.2. The number of hydrogen-bond acceptors (Lipinski definition) is 4. The van der Waals surface area contributed by atoms with Gasteiger partial charge in [0.05, 0.1) is 6.54 Å². The zero-order chi connectivity index (χ0) is 14.0. The number of carbonyl (C=O) groups excluding carboxylic acids is 1. The van der Waals surface area contributed by atoms with Crippen molar-refractivity contribution in [3.8, 4) is 0 Å². The Kier molecular flexibility index (Phi) is 3.42. The summed E-state index contributed by atoms with van der Waals surface area (Å²) >= 11 is 0. The highest BCUT2D eigenvalue weighted by Crippen LogP contribution is 2.07. The van der Waals surface area contributed by atoms with Crippen LogP contribution in [0.4, 0.5) is 5.95 Å². The van der Waals surface area contributed by atoms with Gasteiger partial charge in [0.25, 0.3) is 0 Å². The number of anilines is 1. The molecule has 0 unspecified atom stereocenters. The van der Waals surface area contributed by atoms with E-state index in [1.807, 2.05) is 46.0 Å². The lowest BCUT2D eigenvalue weighted by Crippen LogP contribution is -2.43. The fraction of sp³-hybridized carbons (Fsp3) is 0.462. The molecule has 2 aromatic rings. The minimum absolute atomic E-state index is 0.0810. The number of carbonyl (C=O) groups is 1. The Balaban J connectivity index is 2.00. The maximum atomic E-state index is 11.7. The van der Waals surface area contributed by atoms with Crippen LogP contribution in [0.3, 0.4) is 0 Å². The summed E-state index contributed by atoms with van der Waals surface area (Å²) in [6, 6.07) is 3.89. The Morgan fingerprint density at radius 1 is 1.42 bits per heavy atom. The van der Waals surface area contributed by atoms with E-state index in [-0.39, 0.29) is 18.0 Å². The van der Waals surface area contributed by atoms with Gasteiger partial charge in [0, 0.05) is 11.7 Å². The van der Waals surface area contributed by atoms with Crippen molar-refractivity contribution in [2.75, 3.05) is 11.9 Å². The van der Waals surface area contributed by atoms with Gasteiger partial charge >= 0.3 is 0 Å². The van der Waals surface area contributed by atoms with Crippen LogP contribution >= 0.6 is 0 Å². The Morgan fingerprint density at radius 2 is 2.16 bits per heavy atom. The zero-order valence-electron chi connectivity index (χ0n) is 11.7. The number of nitrogens with zero attached hydrogens (tertiary/aromatic N) is 3. The van der Waals surface area contributed by atoms with Crippen molar-refractivity contribution in [1.29, 1.82) is 0 Å². The SMILES string of the molecule is Cc1ccn2nc(NCC(=O)NC(C)(C)C)nc2c1. The van der Waals surface area contributed by atoms with E-state index in [4.69, 9.17) is 0 Å². The van der Waals surface area contributed by atoms with Crippen molar-refractivity contribution >= 4 is 17.5 Å². The Bertz CT molecular complexity index is 597. The summed E-state index contributed by atoms with van der Waals surface area (Å²) in [5.74, 6) is 0.372. The Hall–Kier alpha value is -2.11. The lowest BCUT2D eigenvalue weighted by atomic mass is 10.1. The van der Waals surface area contributed by atoms with E-state index in [9.17, 15) is 4.79 Å². The van der Waals surface area contributed by atoms with Crippen LogP contribution in [-0.2, 0) is 4.79 Å². The van der Waals surface area contributed by atoms with Crippen molar-refractivity contribution in [1.82, 2.24) is 19.9 Å². The van der Waals surface area contributed by atoms with E-state index in [2.05, 4.69) is 20.7 Å². The Morgan fingerprint density at radius 3 is 2.84 bits per heavy atom. The van der Waals surface area contributed by atoms with Crippen molar-refractivity contribution in [2.45, 2.75) is 33.2 Å². The highest BCUT2D eigenvalue weighted by molar-refractivity contribution is 5.80. The molecule has 0 saturated carbocycles. The third-order valence-electron chi connectivity index (χ3n) is 2.41. The van der Waals surface area contributed by atoms with Crippen molar-refractivity contribution in [3.05, 3.63) is 23.9 Å². The van der Waals surface area contributed by atoms with Gasteiger partial charge < -0.3 is 10.6 Å². The van der Waals surface area contributed by atoms with Gasteiger partial charge in [0.2, 0.25) is 11.9 Å². The summed E-state index contributed by atoms with van der Waals surface area (Å²) in [6.07, 6.45) is 1.85. The van der Waals surface area contributed by atoms with Gasteiger partial charge in [0.15, 0.2) is 5.65 Å². The predicted molar refractivity (Wildman–Crippen MR) is 74.1 cm³/mol. The molecule has 19 heavy (non-hydrogen) atoms. The molecule has 0 aliphatic rings. The number of rotatable bonds is 3. The van der Waals surface area contributed by atoms with E-state index in [1.54, 1.807) is 4.52 Å². The molecule has 102 valence electrons.